The first-order chi connectivity index (χ1) is 8.74. The monoisotopic (exact) mass is 242 g/mol. The topological polar surface area (TPSA) is 44.1 Å². The van der Waals surface area contributed by atoms with Gasteiger partial charge in [-0.15, -0.1) is 0 Å². The lowest BCUT2D eigenvalue weighted by atomic mass is 10.1. The molecule has 0 fully saturated rings. The third-order valence-electron chi connectivity index (χ3n) is 3.15. The fourth-order valence-electron chi connectivity index (χ4n) is 2.32. The van der Waals surface area contributed by atoms with Gasteiger partial charge >= 0.3 is 0 Å². The summed E-state index contributed by atoms with van der Waals surface area (Å²) in [6.45, 7) is 2.80. The molecule has 1 aromatic carbocycles. The molecule has 0 saturated heterocycles. The van der Waals surface area contributed by atoms with E-state index in [0.717, 1.165) is 18.5 Å². The number of hydrogen-bond acceptors (Lipinski definition) is 3. The number of aldehydes is 1. The maximum Gasteiger partial charge on any atom is 0.169 e. The number of fused-ring (bicyclic) bond motifs is 1. The van der Waals surface area contributed by atoms with E-state index in [-0.39, 0.29) is 6.10 Å². The van der Waals surface area contributed by atoms with Crippen LogP contribution >= 0.6 is 0 Å². The summed E-state index contributed by atoms with van der Waals surface area (Å²) in [4.78, 5) is 14.5. The van der Waals surface area contributed by atoms with Crippen molar-refractivity contribution in [2.45, 2.75) is 26.0 Å². The molecular weight excluding hydrogens is 228 g/mol. The molecule has 2 aromatic rings. The summed E-state index contributed by atoms with van der Waals surface area (Å²) in [5.74, 6) is 0.973. The standard InChI is InChI=1S/C14H14N2O2/c1-10-2-3-14-11(4-10)5-13(18-14)7-16-6-12(8-17)15-9-16/h2-4,6,8-9,13H,5,7H2,1H3. The number of benzene rings is 1. The van der Waals surface area contributed by atoms with Gasteiger partial charge in [-0.1, -0.05) is 17.7 Å². The van der Waals surface area contributed by atoms with Crippen LogP contribution < -0.4 is 4.74 Å². The van der Waals surface area contributed by atoms with Crippen molar-refractivity contribution in [2.75, 3.05) is 0 Å². The highest BCUT2D eigenvalue weighted by Crippen LogP contribution is 2.29. The van der Waals surface area contributed by atoms with Crippen LogP contribution in [0.4, 0.5) is 0 Å². The number of carbonyl (C=O) groups is 1. The maximum atomic E-state index is 10.6. The molecule has 1 aromatic heterocycles. The zero-order valence-electron chi connectivity index (χ0n) is 10.2. The van der Waals surface area contributed by atoms with Gasteiger partial charge in [0.1, 0.15) is 17.5 Å². The van der Waals surface area contributed by atoms with Crippen molar-refractivity contribution in [1.29, 1.82) is 0 Å². The highest BCUT2D eigenvalue weighted by molar-refractivity contribution is 5.70. The molecule has 0 N–H and O–H groups in total. The highest BCUT2D eigenvalue weighted by atomic mass is 16.5. The average Bonchev–Trinajstić information content (AvgIpc) is 2.95. The minimum atomic E-state index is 0.121. The van der Waals surface area contributed by atoms with Crippen molar-refractivity contribution < 1.29 is 9.53 Å². The Bertz CT molecular complexity index is 589. The van der Waals surface area contributed by atoms with Gasteiger partial charge in [-0.05, 0) is 18.6 Å². The minimum absolute atomic E-state index is 0.121. The highest BCUT2D eigenvalue weighted by Gasteiger charge is 2.23. The number of hydrogen-bond donors (Lipinski definition) is 0. The van der Waals surface area contributed by atoms with E-state index in [1.807, 2.05) is 10.6 Å². The van der Waals surface area contributed by atoms with Gasteiger partial charge in [0.05, 0.1) is 12.9 Å². The lowest BCUT2D eigenvalue weighted by molar-refractivity contribution is 0.111. The third-order valence-corrected chi connectivity index (χ3v) is 3.15. The van der Waals surface area contributed by atoms with E-state index in [1.165, 1.54) is 11.1 Å². The van der Waals surface area contributed by atoms with E-state index in [2.05, 4.69) is 24.0 Å². The second kappa shape index (κ2) is 4.29. The Kier molecular flexibility index (Phi) is 2.63. The van der Waals surface area contributed by atoms with Crippen LogP contribution in [0.5, 0.6) is 5.75 Å². The number of aromatic nitrogens is 2. The molecule has 0 bridgehead atoms. The third kappa shape index (κ3) is 2.01. The van der Waals surface area contributed by atoms with Crippen LogP contribution in [0.3, 0.4) is 0 Å². The normalized spacial score (nSPS) is 17.3. The van der Waals surface area contributed by atoms with Gasteiger partial charge < -0.3 is 9.30 Å². The Balaban J connectivity index is 1.72. The van der Waals surface area contributed by atoms with E-state index in [0.29, 0.717) is 12.2 Å². The van der Waals surface area contributed by atoms with Crippen LogP contribution in [0.25, 0.3) is 0 Å². The number of aryl methyl sites for hydroxylation is 1. The summed E-state index contributed by atoms with van der Waals surface area (Å²) in [7, 11) is 0. The smallest absolute Gasteiger partial charge is 0.169 e. The molecule has 1 atom stereocenters. The maximum absolute atomic E-state index is 10.6. The van der Waals surface area contributed by atoms with Crippen LogP contribution in [-0.2, 0) is 13.0 Å². The van der Waals surface area contributed by atoms with Crippen molar-refractivity contribution in [2.24, 2.45) is 0 Å². The summed E-state index contributed by atoms with van der Waals surface area (Å²) in [5, 5.41) is 0. The van der Waals surface area contributed by atoms with Crippen LogP contribution in [0.1, 0.15) is 21.6 Å². The van der Waals surface area contributed by atoms with Gasteiger partial charge in [-0.3, -0.25) is 4.79 Å². The molecule has 18 heavy (non-hydrogen) atoms. The first-order valence-corrected chi connectivity index (χ1v) is 5.98. The summed E-state index contributed by atoms with van der Waals surface area (Å²) in [6, 6.07) is 6.25. The summed E-state index contributed by atoms with van der Waals surface area (Å²) < 4.78 is 7.77. The van der Waals surface area contributed by atoms with Crippen molar-refractivity contribution in [3.63, 3.8) is 0 Å². The zero-order chi connectivity index (χ0) is 12.5. The minimum Gasteiger partial charge on any atom is -0.488 e. The van der Waals surface area contributed by atoms with Crippen LogP contribution in [-0.4, -0.2) is 21.9 Å². The molecular formula is C14H14N2O2. The largest absolute Gasteiger partial charge is 0.488 e. The van der Waals surface area contributed by atoms with E-state index < -0.39 is 0 Å². The molecule has 1 aliphatic rings. The zero-order valence-corrected chi connectivity index (χ0v) is 10.2. The Labute approximate surface area is 105 Å². The van der Waals surface area contributed by atoms with Crippen molar-refractivity contribution >= 4 is 6.29 Å². The van der Waals surface area contributed by atoms with Gasteiger partial charge in [0.15, 0.2) is 6.29 Å². The van der Waals surface area contributed by atoms with E-state index >= 15 is 0 Å². The van der Waals surface area contributed by atoms with E-state index in [1.54, 1.807) is 12.5 Å². The first-order valence-electron chi connectivity index (χ1n) is 5.98. The number of rotatable bonds is 3. The molecule has 2 heterocycles. The molecule has 4 heteroatoms. The molecule has 1 unspecified atom stereocenters. The molecule has 0 amide bonds. The summed E-state index contributed by atoms with van der Waals surface area (Å²) >= 11 is 0. The molecule has 1 aliphatic heterocycles. The van der Waals surface area contributed by atoms with Gasteiger partial charge in [0, 0.05) is 12.6 Å². The second-order valence-corrected chi connectivity index (χ2v) is 4.67. The molecule has 0 spiro atoms. The van der Waals surface area contributed by atoms with Gasteiger partial charge in [0.25, 0.3) is 0 Å². The first kappa shape index (κ1) is 11.0. The van der Waals surface area contributed by atoms with Crippen molar-refractivity contribution in [3.05, 3.63) is 47.5 Å². The fourth-order valence-corrected chi connectivity index (χ4v) is 2.32. The van der Waals surface area contributed by atoms with E-state index in [9.17, 15) is 4.79 Å². The Morgan fingerprint density at radius 3 is 3.22 bits per heavy atom. The average molecular weight is 242 g/mol. The fraction of sp³-hybridized carbons (Fsp3) is 0.286. The Morgan fingerprint density at radius 1 is 1.56 bits per heavy atom. The Hall–Kier alpha value is -2.10. The molecule has 92 valence electrons. The molecule has 0 radical (unpaired) electrons. The Morgan fingerprint density at radius 2 is 2.44 bits per heavy atom. The number of nitrogens with zero attached hydrogens (tertiary/aromatic N) is 2. The number of imidazole rings is 1. The molecule has 4 nitrogen and oxygen atoms in total. The van der Waals surface area contributed by atoms with Crippen molar-refractivity contribution in [1.82, 2.24) is 9.55 Å². The van der Waals surface area contributed by atoms with Gasteiger partial charge in [-0.2, -0.15) is 0 Å². The molecule has 0 aliphatic carbocycles. The van der Waals surface area contributed by atoms with E-state index in [4.69, 9.17) is 4.74 Å². The quantitative estimate of drug-likeness (QED) is 0.773. The van der Waals surface area contributed by atoms with Crippen LogP contribution in [0, 0.1) is 6.92 Å². The predicted molar refractivity (Wildman–Crippen MR) is 66.9 cm³/mol. The summed E-state index contributed by atoms with van der Waals surface area (Å²) in [6.07, 6.45) is 5.19. The SMILES string of the molecule is Cc1ccc2c(c1)CC(Cn1cnc(C=O)c1)O2. The number of carbonyl (C=O) groups excluding carboxylic acids is 1. The van der Waals surface area contributed by atoms with Gasteiger partial charge in [0.2, 0.25) is 0 Å². The lowest BCUT2D eigenvalue weighted by Gasteiger charge is -2.10. The van der Waals surface area contributed by atoms with Gasteiger partial charge in [-0.25, -0.2) is 4.98 Å². The van der Waals surface area contributed by atoms with Crippen LogP contribution in [0.15, 0.2) is 30.7 Å². The number of ether oxygens (including phenoxy) is 1. The molecule has 0 saturated carbocycles. The lowest BCUT2D eigenvalue weighted by Crippen LogP contribution is -2.19. The molecule has 3 rings (SSSR count). The second-order valence-electron chi connectivity index (χ2n) is 4.67. The predicted octanol–water partition coefficient (Wildman–Crippen LogP) is 2.01. The van der Waals surface area contributed by atoms with Crippen molar-refractivity contribution in [3.8, 4) is 5.75 Å². The van der Waals surface area contributed by atoms with Crippen LogP contribution in [0.2, 0.25) is 0 Å². The summed E-state index contributed by atoms with van der Waals surface area (Å²) in [5.41, 5.74) is 2.97.